The van der Waals surface area contributed by atoms with E-state index in [2.05, 4.69) is 15.3 Å². The Morgan fingerprint density at radius 3 is 2.62 bits per heavy atom. The van der Waals surface area contributed by atoms with Gasteiger partial charge in [-0.15, -0.1) is 0 Å². The molecule has 1 aromatic heterocycles. The second-order valence-electron chi connectivity index (χ2n) is 3.81. The Kier molecular flexibility index (Phi) is 3.01. The number of nitrogens with two attached hydrogens (primary N) is 1. The monoisotopic (exact) mass is 260 g/mol. The van der Waals surface area contributed by atoms with Gasteiger partial charge in [-0.25, -0.2) is 9.97 Å². The maximum Gasteiger partial charge on any atom is 0.245 e. The molecule has 0 atom stereocenters. The molecule has 1 aliphatic rings. The Bertz CT molecular complexity index is 413. The second-order valence-corrected chi connectivity index (χ2v) is 4.53. The van der Waals surface area contributed by atoms with E-state index < -0.39 is 5.54 Å². The molecule has 5 nitrogen and oxygen atoms in total. The molecule has 0 saturated heterocycles. The fraction of sp³-hybridized carbons (Fsp3) is 0.444. The lowest BCUT2D eigenvalue weighted by Gasteiger charge is -2.35. The third-order valence-corrected chi connectivity index (χ3v) is 2.97. The predicted molar refractivity (Wildman–Crippen MR) is 61.5 cm³/mol. The smallest absolute Gasteiger partial charge is 0.245 e. The Labute approximate surface area is 102 Å². The largest absolute Gasteiger partial charge is 0.317 e. The van der Waals surface area contributed by atoms with Crippen LogP contribution in [0.1, 0.15) is 19.3 Å². The Morgan fingerprint density at radius 1 is 1.44 bits per heavy atom. The van der Waals surface area contributed by atoms with E-state index in [1.807, 2.05) is 0 Å². The molecule has 16 heavy (non-hydrogen) atoms. The Balaban J connectivity index is 2.11. The predicted octanol–water partition coefficient (Wildman–Crippen LogP) is 1.60. The van der Waals surface area contributed by atoms with Crippen LogP contribution in [0.4, 0.5) is 5.82 Å². The minimum absolute atomic E-state index is 0.0116. The van der Waals surface area contributed by atoms with Crippen LogP contribution in [-0.4, -0.2) is 21.4 Å². The van der Waals surface area contributed by atoms with Gasteiger partial charge in [-0.1, -0.05) is 11.6 Å². The zero-order chi connectivity index (χ0) is 11.8. The summed E-state index contributed by atoms with van der Waals surface area (Å²) in [6, 6.07) is 1.42. The van der Waals surface area contributed by atoms with Crippen molar-refractivity contribution in [2.75, 3.05) is 5.32 Å². The van der Waals surface area contributed by atoms with Crippen molar-refractivity contribution in [3.63, 3.8) is 0 Å². The molecule has 1 saturated carbocycles. The zero-order valence-corrected chi connectivity index (χ0v) is 9.85. The van der Waals surface area contributed by atoms with Crippen LogP contribution in [0.25, 0.3) is 0 Å². The first-order valence-corrected chi connectivity index (χ1v) is 5.56. The summed E-state index contributed by atoms with van der Waals surface area (Å²) in [5, 5.41) is 2.75. The van der Waals surface area contributed by atoms with E-state index in [0.29, 0.717) is 12.8 Å². The standard InChI is InChI=1S/C9H10Cl2N4O/c10-5-4-6(15-8(11)13-5)14-7(16)9(12)2-1-3-9/h4H,1-3,12H2,(H,13,14,15,16). The Morgan fingerprint density at radius 2 is 2.12 bits per heavy atom. The third-order valence-electron chi connectivity index (χ3n) is 2.61. The van der Waals surface area contributed by atoms with E-state index >= 15 is 0 Å². The van der Waals surface area contributed by atoms with Crippen molar-refractivity contribution < 1.29 is 4.79 Å². The van der Waals surface area contributed by atoms with E-state index in [1.165, 1.54) is 6.07 Å². The molecule has 0 spiro atoms. The minimum Gasteiger partial charge on any atom is -0.317 e. The maximum absolute atomic E-state index is 11.8. The Hall–Kier alpha value is -0.910. The number of anilines is 1. The number of carbonyl (C=O) groups excluding carboxylic acids is 1. The van der Waals surface area contributed by atoms with Crippen molar-refractivity contribution in [2.45, 2.75) is 24.8 Å². The van der Waals surface area contributed by atoms with Crippen LogP contribution in [-0.2, 0) is 4.79 Å². The molecule has 1 fully saturated rings. The third kappa shape index (κ3) is 2.26. The lowest BCUT2D eigenvalue weighted by Crippen LogP contribution is -2.56. The van der Waals surface area contributed by atoms with Crippen LogP contribution >= 0.6 is 23.2 Å². The lowest BCUT2D eigenvalue weighted by atomic mass is 9.77. The molecule has 2 rings (SSSR count). The van der Waals surface area contributed by atoms with Gasteiger partial charge in [0.1, 0.15) is 11.0 Å². The molecule has 0 bridgehead atoms. The summed E-state index contributed by atoms with van der Waals surface area (Å²) < 4.78 is 0. The minimum atomic E-state index is -0.774. The molecule has 7 heteroatoms. The molecule has 1 amide bonds. The van der Waals surface area contributed by atoms with Gasteiger partial charge < -0.3 is 11.1 Å². The first kappa shape index (κ1) is 11.6. The summed E-state index contributed by atoms with van der Waals surface area (Å²) in [6.07, 6.45) is 2.34. The average molecular weight is 261 g/mol. The molecule has 0 radical (unpaired) electrons. The molecule has 1 heterocycles. The quantitative estimate of drug-likeness (QED) is 0.626. The van der Waals surface area contributed by atoms with Crippen molar-refractivity contribution >= 4 is 34.9 Å². The summed E-state index contributed by atoms with van der Waals surface area (Å²) in [6.45, 7) is 0. The number of amides is 1. The van der Waals surface area contributed by atoms with Gasteiger partial charge in [0.2, 0.25) is 11.2 Å². The van der Waals surface area contributed by atoms with Crippen LogP contribution < -0.4 is 11.1 Å². The normalized spacial score (nSPS) is 17.7. The molecule has 0 aromatic carbocycles. The first-order valence-electron chi connectivity index (χ1n) is 4.80. The van der Waals surface area contributed by atoms with E-state index in [4.69, 9.17) is 28.9 Å². The highest BCUT2D eigenvalue weighted by molar-refractivity contribution is 6.32. The lowest BCUT2D eigenvalue weighted by molar-refractivity contribution is -0.123. The summed E-state index contributed by atoms with van der Waals surface area (Å²) in [5.74, 6) is 0.0105. The molecular weight excluding hydrogens is 251 g/mol. The SMILES string of the molecule is NC1(C(=O)Nc2cc(Cl)nc(Cl)n2)CCC1. The number of aromatic nitrogens is 2. The molecular formula is C9H10Cl2N4O. The summed E-state index contributed by atoms with van der Waals surface area (Å²) >= 11 is 11.3. The molecule has 86 valence electrons. The van der Waals surface area contributed by atoms with Crippen molar-refractivity contribution in [3.05, 3.63) is 16.5 Å². The highest BCUT2D eigenvalue weighted by Crippen LogP contribution is 2.30. The van der Waals surface area contributed by atoms with Crippen LogP contribution in [0.2, 0.25) is 10.4 Å². The van der Waals surface area contributed by atoms with Gasteiger partial charge in [0, 0.05) is 6.07 Å². The molecule has 0 aliphatic heterocycles. The second kappa shape index (κ2) is 4.16. The van der Waals surface area contributed by atoms with Gasteiger partial charge >= 0.3 is 0 Å². The van der Waals surface area contributed by atoms with Crippen LogP contribution in [0.5, 0.6) is 0 Å². The van der Waals surface area contributed by atoms with Crippen LogP contribution in [0.3, 0.4) is 0 Å². The van der Waals surface area contributed by atoms with Gasteiger partial charge in [-0.3, -0.25) is 4.79 Å². The van der Waals surface area contributed by atoms with Crippen molar-refractivity contribution in [3.8, 4) is 0 Å². The average Bonchev–Trinajstić information content (AvgIpc) is 2.12. The highest BCUT2D eigenvalue weighted by Gasteiger charge is 2.40. The zero-order valence-electron chi connectivity index (χ0n) is 8.33. The van der Waals surface area contributed by atoms with E-state index in [0.717, 1.165) is 6.42 Å². The number of rotatable bonds is 2. The van der Waals surface area contributed by atoms with Gasteiger partial charge in [0.15, 0.2) is 0 Å². The molecule has 3 N–H and O–H groups in total. The summed E-state index contributed by atoms with van der Waals surface area (Å²) in [4.78, 5) is 19.3. The number of nitrogens with zero attached hydrogens (tertiary/aromatic N) is 2. The fourth-order valence-corrected chi connectivity index (χ4v) is 1.89. The van der Waals surface area contributed by atoms with Crippen LogP contribution in [0.15, 0.2) is 6.07 Å². The number of carbonyl (C=O) groups is 1. The number of hydrogen-bond donors (Lipinski definition) is 2. The highest BCUT2D eigenvalue weighted by atomic mass is 35.5. The molecule has 1 aromatic rings. The van der Waals surface area contributed by atoms with E-state index in [1.54, 1.807) is 0 Å². The number of halogens is 2. The van der Waals surface area contributed by atoms with Gasteiger partial charge in [0.05, 0.1) is 5.54 Å². The molecule has 1 aliphatic carbocycles. The summed E-state index contributed by atoms with van der Waals surface area (Å²) in [5.41, 5.74) is 5.07. The topological polar surface area (TPSA) is 80.9 Å². The van der Waals surface area contributed by atoms with E-state index in [9.17, 15) is 4.79 Å². The van der Waals surface area contributed by atoms with E-state index in [-0.39, 0.29) is 22.2 Å². The fourth-order valence-electron chi connectivity index (χ4n) is 1.48. The van der Waals surface area contributed by atoms with Crippen molar-refractivity contribution in [1.82, 2.24) is 9.97 Å². The van der Waals surface area contributed by atoms with Gasteiger partial charge in [-0.2, -0.15) is 0 Å². The molecule has 0 unspecified atom stereocenters. The number of hydrogen-bond acceptors (Lipinski definition) is 4. The first-order chi connectivity index (χ1) is 7.49. The number of nitrogens with one attached hydrogen (secondary N) is 1. The summed E-state index contributed by atoms with van der Waals surface area (Å²) in [7, 11) is 0. The van der Waals surface area contributed by atoms with Gasteiger partial charge in [0.25, 0.3) is 0 Å². The van der Waals surface area contributed by atoms with Crippen molar-refractivity contribution in [2.24, 2.45) is 5.73 Å². The van der Waals surface area contributed by atoms with Crippen molar-refractivity contribution in [1.29, 1.82) is 0 Å². The van der Waals surface area contributed by atoms with Crippen LogP contribution in [0, 0.1) is 0 Å². The van der Waals surface area contributed by atoms with Gasteiger partial charge in [-0.05, 0) is 30.9 Å². The maximum atomic E-state index is 11.8.